The lowest BCUT2D eigenvalue weighted by Crippen LogP contribution is -2.25. The van der Waals surface area contributed by atoms with Crippen LogP contribution in [0.4, 0.5) is 0 Å². The molecular weight excluding hydrogens is 244 g/mol. The second-order valence-corrected chi connectivity index (χ2v) is 7.61. The van der Waals surface area contributed by atoms with Gasteiger partial charge in [-0.15, -0.1) is 0 Å². The fourth-order valence-corrected chi connectivity index (χ4v) is 3.93. The molecule has 0 fully saturated rings. The summed E-state index contributed by atoms with van der Waals surface area (Å²) in [4.78, 5) is 0.256. The van der Waals surface area contributed by atoms with Crippen molar-refractivity contribution < 1.29 is 9.79 Å². The quantitative estimate of drug-likeness (QED) is 0.784. The Labute approximate surface area is 113 Å². The van der Waals surface area contributed by atoms with Crippen LogP contribution in [0, 0.1) is 11.8 Å². The highest BCUT2D eigenvalue weighted by molar-refractivity contribution is 7.92. The van der Waals surface area contributed by atoms with Gasteiger partial charge < -0.3 is 0 Å². The molecule has 0 aliphatic rings. The van der Waals surface area contributed by atoms with Crippen LogP contribution in [0.15, 0.2) is 35.2 Å². The Morgan fingerprint density at radius 2 is 1.44 bits per heavy atom. The zero-order chi connectivity index (χ0) is 14.7. The van der Waals surface area contributed by atoms with E-state index in [-0.39, 0.29) is 16.7 Å². The molecule has 1 aromatic rings. The fourth-order valence-electron chi connectivity index (χ4n) is 1.98. The number of benzene rings is 1. The first-order valence-electron chi connectivity index (χ1n) is 6.99. The van der Waals surface area contributed by atoms with E-state index in [1.165, 1.54) is 0 Å². The van der Waals surface area contributed by atoms with Crippen molar-refractivity contribution in [2.24, 2.45) is 11.8 Å². The minimum atomic E-state index is -3.62. The fraction of sp³-hybridized carbons (Fsp3) is 0.600. The standard InChI is InChI=1S/C15H24O2S/c1-12(2)10-15(11-13(3)4)18(16,17)14-8-6-5-7-9-14/h5-9,12-13,15H,10-11H2,1-4H3/i15D. The van der Waals surface area contributed by atoms with Crippen molar-refractivity contribution in [3.63, 3.8) is 0 Å². The SMILES string of the molecule is [2H]C(CC(C)C)(CC(C)C)S(=O)(=O)c1ccccc1. The maximum atomic E-state index is 12.7. The van der Waals surface area contributed by atoms with Crippen molar-refractivity contribution in [2.75, 3.05) is 0 Å². The molecule has 0 unspecified atom stereocenters. The summed E-state index contributed by atoms with van der Waals surface area (Å²) in [6.45, 7) is 7.85. The minimum absolute atomic E-state index is 0.176. The summed E-state index contributed by atoms with van der Waals surface area (Å²) >= 11 is 0. The summed E-state index contributed by atoms with van der Waals surface area (Å²) in [6.07, 6.45) is 0.727. The molecule has 1 aromatic carbocycles. The predicted octanol–water partition coefficient (Wildman–Crippen LogP) is 3.92. The molecule has 0 saturated heterocycles. The smallest absolute Gasteiger partial charge is 0.181 e. The van der Waals surface area contributed by atoms with E-state index in [1.54, 1.807) is 30.3 Å². The van der Waals surface area contributed by atoms with Crippen LogP contribution in [0.2, 0.25) is 0 Å². The Bertz CT molecular complexity index is 482. The molecule has 0 aromatic heterocycles. The first-order chi connectivity index (χ1) is 8.69. The third-order valence-corrected chi connectivity index (χ3v) is 4.69. The van der Waals surface area contributed by atoms with E-state index in [2.05, 4.69) is 0 Å². The molecular formula is C15H24O2S. The molecule has 0 spiro atoms. The maximum Gasteiger partial charge on any atom is 0.181 e. The van der Waals surface area contributed by atoms with Crippen molar-refractivity contribution in [1.82, 2.24) is 0 Å². The average Bonchev–Trinajstić information content (AvgIpc) is 2.27. The molecule has 18 heavy (non-hydrogen) atoms. The molecule has 2 nitrogen and oxygen atoms in total. The van der Waals surface area contributed by atoms with Crippen molar-refractivity contribution in [2.45, 2.75) is 50.7 Å². The van der Waals surface area contributed by atoms with Crippen molar-refractivity contribution in [1.29, 1.82) is 0 Å². The summed E-state index contributed by atoms with van der Waals surface area (Å²) in [6, 6.07) is 8.37. The monoisotopic (exact) mass is 269 g/mol. The van der Waals surface area contributed by atoms with Crippen molar-refractivity contribution in [3.8, 4) is 0 Å². The van der Waals surface area contributed by atoms with Crippen LogP contribution in [0.25, 0.3) is 0 Å². The van der Waals surface area contributed by atoms with Crippen LogP contribution in [-0.4, -0.2) is 13.6 Å². The average molecular weight is 269 g/mol. The molecule has 0 aliphatic heterocycles. The van der Waals surface area contributed by atoms with E-state index in [1.807, 2.05) is 27.7 Å². The molecule has 102 valence electrons. The molecule has 3 heteroatoms. The molecule has 0 saturated carbocycles. The molecule has 0 atom stereocenters. The summed E-state index contributed by atoms with van der Waals surface area (Å²) < 4.78 is 34.0. The van der Waals surface area contributed by atoms with E-state index in [0.29, 0.717) is 12.8 Å². The summed E-state index contributed by atoms with van der Waals surface area (Å²) in [7, 11) is -3.62. The van der Waals surface area contributed by atoms with E-state index in [0.717, 1.165) is 0 Å². The van der Waals surface area contributed by atoms with Crippen LogP contribution >= 0.6 is 0 Å². The Morgan fingerprint density at radius 1 is 1.00 bits per heavy atom. The zero-order valence-corrected chi connectivity index (χ0v) is 12.5. The molecule has 0 heterocycles. The van der Waals surface area contributed by atoms with E-state index in [9.17, 15) is 8.42 Å². The number of rotatable bonds is 6. The second kappa shape index (κ2) is 6.37. The Balaban J connectivity index is 3.24. The minimum Gasteiger partial charge on any atom is -0.223 e. The second-order valence-electron chi connectivity index (χ2n) is 5.55. The maximum absolute atomic E-state index is 12.7. The van der Waals surface area contributed by atoms with Crippen LogP contribution in [0.5, 0.6) is 0 Å². The third-order valence-electron chi connectivity index (χ3n) is 2.71. The molecule has 0 N–H and O–H groups in total. The van der Waals surface area contributed by atoms with E-state index >= 15 is 0 Å². The van der Waals surface area contributed by atoms with Gasteiger partial charge in [0.15, 0.2) is 9.84 Å². The lowest BCUT2D eigenvalue weighted by Gasteiger charge is -2.21. The Kier molecular flexibility index (Phi) is 4.81. The number of sulfone groups is 1. The van der Waals surface area contributed by atoms with Gasteiger partial charge in [0.2, 0.25) is 0 Å². The highest BCUT2D eigenvalue weighted by atomic mass is 32.2. The van der Waals surface area contributed by atoms with Gasteiger partial charge in [0.1, 0.15) is 0 Å². The first kappa shape index (κ1) is 13.6. The van der Waals surface area contributed by atoms with Gasteiger partial charge in [-0.3, -0.25) is 0 Å². The van der Waals surface area contributed by atoms with Crippen LogP contribution in [0.1, 0.15) is 41.9 Å². The van der Waals surface area contributed by atoms with Crippen molar-refractivity contribution >= 4 is 9.84 Å². The van der Waals surface area contributed by atoms with E-state index in [4.69, 9.17) is 1.37 Å². The van der Waals surface area contributed by atoms with Gasteiger partial charge in [-0.1, -0.05) is 45.9 Å². The largest absolute Gasteiger partial charge is 0.223 e. The normalized spacial score (nSPS) is 14.0. The third kappa shape index (κ3) is 4.13. The first-order valence-corrected chi connectivity index (χ1v) is 7.97. The van der Waals surface area contributed by atoms with Gasteiger partial charge in [-0.25, -0.2) is 8.42 Å². The lowest BCUT2D eigenvalue weighted by atomic mass is 10.0. The molecule has 0 amide bonds. The lowest BCUT2D eigenvalue weighted by molar-refractivity contribution is 0.465. The van der Waals surface area contributed by atoms with Gasteiger partial charge in [0.05, 0.1) is 10.1 Å². The molecule has 0 radical (unpaired) electrons. The highest BCUT2D eigenvalue weighted by Crippen LogP contribution is 2.26. The number of hydrogen-bond donors (Lipinski definition) is 0. The van der Waals surface area contributed by atoms with Gasteiger partial charge in [0.25, 0.3) is 0 Å². The van der Waals surface area contributed by atoms with Crippen LogP contribution in [-0.2, 0) is 9.84 Å². The van der Waals surface area contributed by atoms with Crippen LogP contribution < -0.4 is 0 Å². The Morgan fingerprint density at radius 3 is 1.83 bits per heavy atom. The Hall–Kier alpha value is -0.830. The topological polar surface area (TPSA) is 34.1 Å². The molecule has 0 aliphatic carbocycles. The van der Waals surface area contributed by atoms with Gasteiger partial charge in [-0.2, -0.15) is 0 Å². The van der Waals surface area contributed by atoms with Crippen LogP contribution in [0.3, 0.4) is 0 Å². The highest BCUT2D eigenvalue weighted by Gasteiger charge is 2.28. The summed E-state index contributed by atoms with van der Waals surface area (Å²) in [5.74, 6) is 0.351. The zero-order valence-electron chi connectivity index (χ0n) is 12.7. The molecule has 1 rings (SSSR count). The summed E-state index contributed by atoms with van der Waals surface area (Å²) in [5.41, 5.74) is 0. The molecule has 0 bridgehead atoms. The van der Waals surface area contributed by atoms with Gasteiger partial charge in [-0.05, 0) is 36.8 Å². The van der Waals surface area contributed by atoms with E-state index < -0.39 is 15.1 Å². The predicted molar refractivity (Wildman–Crippen MR) is 76.3 cm³/mol. The van der Waals surface area contributed by atoms with Gasteiger partial charge >= 0.3 is 0 Å². The number of hydrogen-bond acceptors (Lipinski definition) is 2. The van der Waals surface area contributed by atoms with Gasteiger partial charge in [0, 0.05) is 1.37 Å². The summed E-state index contributed by atoms with van der Waals surface area (Å²) in [5, 5.41) is -1.43. The van der Waals surface area contributed by atoms with Crippen molar-refractivity contribution in [3.05, 3.63) is 30.3 Å².